The Balaban J connectivity index is 1.20. The van der Waals surface area contributed by atoms with Crippen LogP contribution in [0.2, 0.25) is 5.02 Å². The minimum absolute atomic E-state index is 0.0157. The molecule has 2 heterocycles. The van der Waals surface area contributed by atoms with Crippen molar-refractivity contribution in [3.8, 4) is 11.3 Å². The topological polar surface area (TPSA) is 115 Å². The molecule has 6 rings (SSSR count). The number of carbonyl (C=O) groups excluding carboxylic acids is 1. The highest BCUT2D eigenvalue weighted by Crippen LogP contribution is 2.36. The number of benzene rings is 3. The van der Waals surface area contributed by atoms with Gasteiger partial charge in [-0.15, -0.1) is 0 Å². The highest BCUT2D eigenvalue weighted by Gasteiger charge is 2.26. The molecule has 9 nitrogen and oxygen atoms in total. The van der Waals surface area contributed by atoms with Crippen LogP contribution in [0.1, 0.15) is 31.2 Å². The largest absolute Gasteiger partial charge is 0.445 e. The lowest BCUT2D eigenvalue weighted by atomic mass is 9.91. The summed E-state index contributed by atoms with van der Waals surface area (Å²) in [7, 11) is -3.86. The third-order valence-electron chi connectivity index (χ3n) is 7.52. The molecular weight excluding hydrogens is 586 g/mol. The molecule has 1 saturated carbocycles. The molecule has 0 spiro atoms. The zero-order valence-electron chi connectivity index (χ0n) is 23.2. The highest BCUT2D eigenvalue weighted by atomic mass is 35.5. The van der Waals surface area contributed by atoms with Gasteiger partial charge < -0.3 is 15.4 Å². The normalized spacial score (nSPS) is 17.0. The molecule has 0 aliphatic heterocycles. The molecule has 1 aliphatic rings. The Morgan fingerprint density at radius 3 is 2.44 bits per heavy atom. The summed E-state index contributed by atoms with van der Waals surface area (Å²) in [6.45, 7) is 0.214. The van der Waals surface area contributed by atoms with E-state index in [1.165, 1.54) is 10.2 Å². The monoisotopic (exact) mass is 615 g/mol. The molecule has 5 aromatic rings. The van der Waals surface area contributed by atoms with Gasteiger partial charge in [0.1, 0.15) is 6.61 Å². The van der Waals surface area contributed by atoms with Gasteiger partial charge in [0.2, 0.25) is 5.95 Å². The van der Waals surface area contributed by atoms with Crippen LogP contribution in [0.5, 0.6) is 0 Å². The Morgan fingerprint density at radius 2 is 1.65 bits per heavy atom. The van der Waals surface area contributed by atoms with Gasteiger partial charge in [0.15, 0.2) is 0 Å². The van der Waals surface area contributed by atoms with Gasteiger partial charge in [-0.1, -0.05) is 78.3 Å². The van der Waals surface area contributed by atoms with Crippen LogP contribution in [0.3, 0.4) is 0 Å². The van der Waals surface area contributed by atoms with E-state index in [0.717, 1.165) is 24.8 Å². The fourth-order valence-electron chi connectivity index (χ4n) is 5.44. The van der Waals surface area contributed by atoms with Crippen LogP contribution in [-0.2, 0) is 21.4 Å². The van der Waals surface area contributed by atoms with Crippen molar-refractivity contribution in [3.63, 3.8) is 0 Å². The quantitative estimate of drug-likeness (QED) is 0.201. The number of hydrogen-bond acceptors (Lipinski definition) is 7. The van der Waals surface area contributed by atoms with Crippen LogP contribution < -0.4 is 10.6 Å². The summed E-state index contributed by atoms with van der Waals surface area (Å²) in [6.07, 6.45) is 5.95. The second-order valence-electron chi connectivity index (χ2n) is 10.5. The average Bonchev–Trinajstić information content (AvgIpc) is 3.43. The smallest absolute Gasteiger partial charge is 0.407 e. The predicted octanol–water partition coefficient (Wildman–Crippen LogP) is 6.64. The van der Waals surface area contributed by atoms with E-state index in [-0.39, 0.29) is 23.6 Å². The van der Waals surface area contributed by atoms with Crippen LogP contribution in [0, 0.1) is 0 Å². The van der Waals surface area contributed by atoms with Crippen molar-refractivity contribution < 1.29 is 17.9 Å². The lowest BCUT2D eigenvalue weighted by molar-refractivity contribution is 0.132. The first-order valence-electron chi connectivity index (χ1n) is 14.1. The Kier molecular flexibility index (Phi) is 8.31. The third-order valence-corrected chi connectivity index (χ3v) is 9.48. The zero-order valence-corrected chi connectivity index (χ0v) is 24.8. The van der Waals surface area contributed by atoms with Gasteiger partial charge in [-0.25, -0.2) is 27.2 Å². The van der Waals surface area contributed by atoms with E-state index in [4.69, 9.17) is 21.3 Å². The number of aromatic nitrogens is 3. The number of carbonyl (C=O) groups is 1. The molecule has 220 valence electrons. The summed E-state index contributed by atoms with van der Waals surface area (Å²) in [5, 5.41) is 7.37. The van der Waals surface area contributed by atoms with E-state index in [2.05, 4.69) is 15.6 Å². The SMILES string of the molecule is O=C(NC1CCC[C@@H](Nc2ncc(Cl)c(-c3cn(S(=O)(=O)c4ccccc4)c4ccccc34)n2)C1)OCc1ccccc1. The summed E-state index contributed by atoms with van der Waals surface area (Å²) in [4.78, 5) is 21.7. The number of halogens is 1. The van der Waals surface area contributed by atoms with Crippen molar-refractivity contribution in [2.75, 3.05) is 5.32 Å². The summed E-state index contributed by atoms with van der Waals surface area (Å²) >= 11 is 6.60. The number of para-hydroxylation sites is 1. The summed E-state index contributed by atoms with van der Waals surface area (Å²) in [6, 6.07) is 25.1. The van der Waals surface area contributed by atoms with E-state index in [1.54, 1.807) is 48.7 Å². The van der Waals surface area contributed by atoms with Gasteiger partial charge in [0.25, 0.3) is 10.0 Å². The summed E-state index contributed by atoms with van der Waals surface area (Å²) in [5.41, 5.74) is 2.45. The van der Waals surface area contributed by atoms with Crippen molar-refractivity contribution >= 4 is 44.6 Å². The molecule has 0 saturated heterocycles. The number of nitrogens with one attached hydrogen (secondary N) is 2. The number of amides is 1. The lowest BCUT2D eigenvalue weighted by Gasteiger charge is -2.30. The molecule has 0 radical (unpaired) electrons. The summed E-state index contributed by atoms with van der Waals surface area (Å²) < 4.78 is 33.8. The molecule has 2 atom stereocenters. The maximum atomic E-state index is 13.6. The molecule has 1 fully saturated rings. The maximum absolute atomic E-state index is 13.6. The van der Waals surface area contributed by atoms with E-state index < -0.39 is 16.1 Å². The molecule has 2 aromatic heterocycles. The third kappa shape index (κ3) is 6.35. The molecule has 0 bridgehead atoms. The van der Waals surface area contributed by atoms with Gasteiger partial charge in [0, 0.05) is 29.2 Å². The fourth-order valence-corrected chi connectivity index (χ4v) is 7.02. The van der Waals surface area contributed by atoms with Crippen LogP contribution in [0.25, 0.3) is 22.2 Å². The number of alkyl carbamates (subject to hydrolysis) is 1. The van der Waals surface area contributed by atoms with Gasteiger partial charge in [0.05, 0.1) is 27.3 Å². The van der Waals surface area contributed by atoms with E-state index in [0.29, 0.717) is 39.6 Å². The van der Waals surface area contributed by atoms with E-state index in [9.17, 15) is 13.2 Å². The van der Waals surface area contributed by atoms with Crippen LogP contribution in [0.4, 0.5) is 10.7 Å². The molecule has 43 heavy (non-hydrogen) atoms. The minimum Gasteiger partial charge on any atom is -0.445 e. The maximum Gasteiger partial charge on any atom is 0.407 e. The second-order valence-corrected chi connectivity index (χ2v) is 12.7. The van der Waals surface area contributed by atoms with Crippen molar-refractivity contribution in [2.45, 2.75) is 49.3 Å². The lowest BCUT2D eigenvalue weighted by Crippen LogP contribution is -2.42. The predicted molar refractivity (Wildman–Crippen MR) is 166 cm³/mol. The molecule has 1 unspecified atom stereocenters. The Bertz CT molecular complexity index is 1850. The van der Waals surface area contributed by atoms with Gasteiger partial charge in [-0.3, -0.25) is 0 Å². The highest BCUT2D eigenvalue weighted by molar-refractivity contribution is 7.90. The Morgan fingerprint density at radius 1 is 0.953 bits per heavy atom. The molecular formula is C32H30ClN5O4S. The van der Waals surface area contributed by atoms with Crippen molar-refractivity contribution in [1.82, 2.24) is 19.3 Å². The molecule has 11 heteroatoms. The zero-order chi connectivity index (χ0) is 29.8. The number of rotatable bonds is 8. The van der Waals surface area contributed by atoms with Gasteiger partial charge in [-0.05, 0) is 49.4 Å². The molecule has 1 aliphatic carbocycles. The van der Waals surface area contributed by atoms with E-state index >= 15 is 0 Å². The van der Waals surface area contributed by atoms with Crippen molar-refractivity contribution in [3.05, 3.63) is 108 Å². The second kappa shape index (κ2) is 12.4. The number of ether oxygens (including phenoxy) is 1. The van der Waals surface area contributed by atoms with Crippen LogP contribution in [-0.4, -0.2) is 40.5 Å². The first-order valence-corrected chi connectivity index (χ1v) is 15.9. The number of hydrogen-bond donors (Lipinski definition) is 2. The summed E-state index contributed by atoms with van der Waals surface area (Å²) in [5.74, 6) is 0.374. The average molecular weight is 616 g/mol. The van der Waals surface area contributed by atoms with Crippen molar-refractivity contribution in [2.24, 2.45) is 0 Å². The standard InChI is InChI=1S/C32H30ClN5O4S/c33-28-19-34-31(35-23-12-9-13-24(18-23)36-32(39)42-21-22-10-3-1-4-11-22)37-30(28)27-20-38(29-17-8-7-16-26(27)29)43(40,41)25-14-5-2-6-15-25/h1-8,10-11,14-17,19-20,23-24H,9,12-13,18,21H2,(H,36,39)(H,34,35,37)/t23-,24?/m1/s1. The Labute approximate surface area is 254 Å². The van der Waals surface area contributed by atoms with Crippen LogP contribution >= 0.6 is 11.6 Å². The first kappa shape index (κ1) is 28.7. The van der Waals surface area contributed by atoms with Crippen LogP contribution in [0.15, 0.2) is 102 Å². The molecule has 3 aromatic carbocycles. The van der Waals surface area contributed by atoms with Crippen molar-refractivity contribution in [1.29, 1.82) is 0 Å². The number of fused-ring (bicyclic) bond motifs is 1. The molecule has 2 N–H and O–H groups in total. The Hall–Kier alpha value is -4.41. The number of nitrogens with zero attached hydrogens (tertiary/aromatic N) is 3. The van der Waals surface area contributed by atoms with Gasteiger partial charge >= 0.3 is 6.09 Å². The number of anilines is 1. The van der Waals surface area contributed by atoms with Gasteiger partial charge in [-0.2, -0.15) is 0 Å². The fraction of sp³-hybridized carbons (Fsp3) is 0.219. The molecule has 1 amide bonds. The van der Waals surface area contributed by atoms with E-state index in [1.807, 2.05) is 42.5 Å². The minimum atomic E-state index is -3.86. The first-order chi connectivity index (χ1) is 20.9.